The van der Waals surface area contributed by atoms with Crippen molar-refractivity contribution in [2.75, 3.05) is 31.0 Å². The van der Waals surface area contributed by atoms with Crippen LogP contribution in [0.25, 0.3) is 0 Å². The van der Waals surface area contributed by atoms with Crippen LogP contribution < -0.4 is 0 Å². The molecule has 5 unspecified atom stereocenters. The van der Waals surface area contributed by atoms with Gasteiger partial charge in [-0.15, -0.1) is 0 Å². The van der Waals surface area contributed by atoms with E-state index in [2.05, 4.69) is 0 Å². The van der Waals surface area contributed by atoms with Gasteiger partial charge < -0.3 is 9.66 Å². The van der Waals surface area contributed by atoms with E-state index in [0.29, 0.717) is 24.3 Å². The van der Waals surface area contributed by atoms with Crippen LogP contribution in [0.4, 0.5) is 0 Å². The Kier molecular flexibility index (Phi) is 8.66. The second-order valence-corrected chi connectivity index (χ2v) is 7.65. The van der Waals surface area contributed by atoms with Crippen LogP contribution in [0.3, 0.4) is 0 Å². The van der Waals surface area contributed by atoms with Crippen molar-refractivity contribution in [2.45, 2.75) is 25.0 Å². The van der Waals surface area contributed by atoms with E-state index < -0.39 is 39.7 Å². The van der Waals surface area contributed by atoms with Crippen LogP contribution in [0.15, 0.2) is 0 Å². The molecule has 1 saturated heterocycles. The quantitative estimate of drug-likeness (QED) is 0.549. The minimum atomic E-state index is -1.98. The minimum Gasteiger partial charge on any atom is -0.617 e. The molecule has 0 aromatic rings. The molecule has 1 heterocycles. The molecule has 0 amide bonds. The number of rotatable bonds is 9. The zero-order valence-electron chi connectivity index (χ0n) is 10.5. The SMILES string of the molecule is C[S+]([O-])CCC(O)COS(=O)OCC1CCS(=O)O1. The van der Waals surface area contributed by atoms with Crippen LogP contribution in [0.5, 0.6) is 0 Å². The van der Waals surface area contributed by atoms with Crippen LogP contribution in [-0.2, 0) is 46.2 Å². The molecule has 0 aromatic carbocycles. The minimum absolute atomic E-state index is 0.0351. The van der Waals surface area contributed by atoms with Crippen molar-refractivity contribution in [1.29, 1.82) is 0 Å². The lowest BCUT2D eigenvalue weighted by Gasteiger charge is -2.11. The summed E-state index contributed by atoms with van der Waals surface area (Å²) >= 11 is -4.23. The summed E-state index contributed by atoms with van der Waals surface area (Å²) < 4.78 is 47.6. The van der Waals surface area contributed by atoms with Crippen molar-refractivity contribution in [3.63, 3.8) is 0 Å². The monoisotopic (exact) mass is 334 g/mol. The smallest absolute Gasteiger partial charge is 0.304 e. The lowest BCUT2D eigenvalue weighted by Crippen LogP contribution is -2.22. The van der Waals surface area contributed by atoms with Crippen molar-refractivity contribution in [2.24, 2.45) is 0 Å². The Morgan fingerprint density at radius 1 is 1.63 bits per heavy atom. The van der Waals surface area contributed by atoms with Gasteiger partial charge in [0, 0.05) is 6.42 Å². The van der Waals surface area contributed by atoms with Crippen LogP contribution in [0.2, 0.25) is 0 Å². The van der Waals surface area contributed by atoms with Crippen LogP contribution in [0, 0.1) is 0 Å². The Morgan fingerprint density at radius 2 is 2.37 bits per heavy atom. The molecule has 0 aromatic heterocycles. The molecule has 0 bridgehead atoms. The number of hydrogen-bond acceptors (Lipinski definition) is 7. The molecule has 0 aliphatic carbocycles. The highest BCUT2D eigenvalue weighted by Gasteiger charge is 2.23. The van der Waals surface area contributed by atoms with Crippen molar-refractivity contribution >= 4 is 33.6 Å². The second-order valence-electron chi connectivity index (χ2n) is 4.01. The molecule has 114 valence electrons. The van der Waals surface area contributed by atoms with Gasteiger partial charge in [-0.1, -0.05) is 11.2 Å². The predicted octanol–water partition coefficient (Wildman–Crippen LogP) is -0.820. The Labute approximate surface area is 120 Å². The lowest BCUT2D eigenvalue weighted by atomic mass is 10.3. The van der Waals surface area contributed by atoms with Gasteiger partial charge in [-0.3, -0.25) is 12.5 Å². The van der Waals surface area contributed by atoms with E-state index in [-0.39, 0.29) is 19.3 Å². The average molecular weight is 334 g/mol. The third-order valence-corrected chi connectivity index (χ3v) is 4.82. The van der Waals surface area contributed by atoms with Crippen molar-refractivity contribution in [3.05, 3.63) is 0 Å². The van der Waals surface area contributed by atoms with Crippen molar-refractivity contribution in [1.82, 2.24) is 0 Å². The van der Waals surface area contributed by atoms with Gasteiger partial charge in [0.1, 0.15) is 11.9 Å². The van der Waals surface area contributed by atoms with Crippen LogP contribution in [0.1, 0.15) is 12.8 Å². The van der Waals surface area contributed by atoms with Gasteiger partial charge in [0.2, 0.25) is 0 Å². The van der Waals surface area contributed by atoms with Crippen LogP contribution >= 0.6 is 0 Å². The van der Waals surface area contributed by atoms with Gasteiger partial charge in [0.05, 0.1) is 31.3 Å². The van der Waals surface area contributed by atoms with E-state index >= 15 is 0 Å². The molecule has 0 spiro atoms. The van der Waals surface area contributed by atoms with Crippen molar-refractivity contribution in [3.8, 4) is 0 Å². The second kappa shape index (κ2) is 9.40. The van der Waals surface area contributed by atoms with Gasteiger partial charge in [-0.25, -0.2) is 4.21 Å². The molecule has 1 fully saturated rings. The van der Waals surface area contributed by atoms with E-state index in [4.69, 9.17) is 12.5 Å². The number of aliphatic hydroxyl groups excluding tert-OH is 1. The van der Waals surface area contributed by atoms with Gasteiger partial charge in [-0.05, 0) is 6.42 Å². The Morgan fingerprint density at radius 3 is 2.95 bits per heavy atom. The zero-order valence-corrected chi connectivity index (χ0v) is 13.0. The molecule has 7 nitrogen and oxygen atoms in total. The fourth-order valence-electron chi connectivity index (χ4n) is 1.27. The molecule has 19 heavy (non-hydrogen) atoms. The Balaban J connectivity index is 2.05. The summed E-state index contributed by atoms with van der Waals surface area (Å²) in [7, 11) is 0. The fraction of sp³-hybridized carbons (Fsp3) is 1.00. The summed E-state index contributed by atoms with van der Waals surface area (Å²) in [5, 5.41) is 9.45. The van der Waals surface area contributed by atoms with E-state index in [1.165, 1.54) is 0 Å². The highest BCUT2D eigenvalue weighted by molar-refractivity contribution is 7.90. The molecular formula is C9H18O7S3. The maximum Gasteiger partial charge on any atom is 0.304 e. The molecule has 1 rings (SSSR count). The summed E-state index contributed by atoms with van der Waals surface area (Å²) in [4.78, 5) is 0. The summed E-state index contributed by atoms with van der Waals surface area (Å²) in [6.45, 7) is -0.116. The Hall–Kier alpha value is 0.450. The number of aliphatic hydroxyl groups is 1. The molecule has 1 aliphatic heterocycles. The molecule has 5 atom stereocenters. The molecule has 0 saturated carbocycles. The largest absolute Gasteiger partial charge is 0.617 e. The summed E-state index contributed by atoms with van der Waals surface area (Å²) in [5.41, 5.74) is 0. The van der Waals surface area contributed by atoms with E-state index in [1.54, 1.807) is 6.26 Å². The third-order valence-electron chi connectivity index (χ3n) is 2.30. The highest BCUT2D eigenvalue weighted by Crippen LogP contribution is 2.13. The first-order chi connectivity index (χ1) is 8.97. The first kappa shape index (κ1) is 17.5. The predicted molar refractivity (Wildman–Crippen MR) is 72.1 cm³/mol. The van der Waals surface area contributed by atoms with Crippen LogP contribution in [-0.4, -0.2) is 61.3 Å². The summed E-state index contributed by atoms with van der Waals surface area (Å²) in [6, 6.07) is 0. The standard InChI is InChI=1S/C9H18O7S3/c1-17(11)4-2-8(10)6-14-19(13)15-7-9-3-5-18(12)16-9/h8-10H,2-7H2,1H3. The summed E-state index contributed by atoms with van der Waals surface area (Å²) in [6.07, 6.45) is 1.28. The molecular weight excluding hydrogens is 316 g/mol. The molecule has 0 radical (unpaired) electrons. The lowest BCUT2D eigenvalue weighted by molar-refractivity contribution is 0.0950. The topological polar surface area (TPSA) is 105 Å². The van der Waals surface area contributed by atoms with E-state index in [1.807, 2.05) is 0 Å². The maximum atomic E-state index is 11.3. The summed E-state index contributed by atoms with van der Waals surface area (Å²) in [5.74, 6) is 0.814. The molecule has 10 heteroatoms. The first-order valence-corrected chi connectivity index (χ1v) is 9.66. The normalized spacial score (nSPS) is 28.2. The molecule has 1 aliphatic rings. The average Bonchev–Trinajstić information content (AvgIpc) is 2.77. The van der Waals surface area contributed by atoms with E-state index in [9.17, 15) is 18.1 Å². The number of hydrogen-bond donors (Lipinski definition) is 1. The maximum absolute atomic E-state index is 11.3. The Bertz CT molecular complexity index is 312. The van der Waals surface area contributed by atoms with Gasteiger partial charge in [-0.2, -0.15) is 4.21 Å². The zero-order chi connectivity index (χ0) is 14.3. The van der Waals surface area contributed by atoms with Gasteiger partial charge in [0.25, 0.3) is 0 Å². The van der Waals surface area contributed by atoms with Crippen molar-refractivity contribution < 1.29 is 30.6 Å². The van der Waals surface area contributed by atoms with Gasteiger partial charge >= 0.3 is 11.4 Å². The highest BCUT2D eigenvalue weighted by atomic mass is 32.2. The molecule has 1 N–H and O–H groups in total. The van der Waals surface area contributed by atoms with E-state index in [0.717, 1.165) is 0 Å². The van der Waals surface area contributed by atoms with Gasteiger partial charge in [0.15, 0.2) is 11.1 Å². The fourth-order valence-corrected chi connectivity index (χ4v) is 3.48. The first-order valence-electron chi connectivity index (χ1n) is 5.69. The third kappa shape index (κ3) is 8.35.